The molecule has 1 saturated carbocycles. The summed E-state index contributed by atoms with van der Waals surface area (Å²) in [4.78, 5) is 16.5. The molecule has 1 aliphatic carbocycles. The lowest BCUT2D eigenvalue weighted by atomic mass is 9.87. The Kier molecular flexibility index (Phi) is 4.77. The zero-order valence-corrected chi connectivity index (χ0v) is 11.8. The molecule has 1 aromatic rings. The van der Waals surface area contributed by atoms with Gasteiger partial charge in [-0.15, -0.1) is 0 Å². The highest BCUT2D eigenvalue weighted by Crippen LogP contribution is 2.23. The molecule has 1 aliphatic rings. The van der Waals surface area contributed by atoms with Crippen molar-refractivity contribution in [3.8, 4) is 0 Å². The summed E-state index contributed by atoms with van der Waals surface area (Å²) in [6, 6.07) is 5.82. The number of nitrogens with one attached hydrogen (secondary N) is 2. The van der Waals surface area contributed by atoms with E-state index >= 15 is 0 Å². The van der Waals surface area contributed by atoms with Crippen molar-refractivity contribution in [2.75, 3.05) is 11.9 Å². The maximum atomic E-state index is 12.1. The fraction of sp³-hybridized carbons (Fsp3) is 0.600. The standard InChI is InChI=1S/C15H23N3O/c1-3-16-14-6-4-5-13(18-14)15(19)17-12-9-7-11(2)8-10-12/h4-6,11-12H,3,7-10H2,1-2H3,(H,16,18)(H,17,19). The lowest BCUT2D eigenvalue weighted by Crippen LogP contribution is -2.37. The second-order valence-corrected chi connectivity index (χ2v) is 5.37. The third kappa shape index (κ3) is 3.94. The van der Waals surface area contributed by atoms with Crippen molar-refractivity contribution >= 4 is 11.7 Å². The van der Waals surface area contributed by atoms with Crippen LogP contribution in [0.1, 0.15) is 50.0 Å². The molecule has 0 unspecified atom stereocenters. The normalized spacial score (nSPS) is 22.8. The number of rotatable bonds is 4. The molecule has 1 aromatic heterocycles. The van der Waals surface area contributed by atoms with Crippen LogP contribution in [-0.2, 0) is 0 Å². The average Bonchev–Trinajstić information content (AvgIpc) is 2.42. The molecule has 1 fully saturated rings. The van der Waals surface area contributed by atoms with Gasteiger partial charge in [-0.3, -0.25) is 4.79 Å². The molecule has 0 bridgehead atoms. The van der Waals surface area contributed by atoms with Gasteiger partial charge in [0, 0.05) is 12.6 Å². The molecule has 0 saturated heterocycles. The lowest BCUT2D eigenvalue weighted by molar-refractivity contribution is 0.0918. The predicted octanol–water partition coefficient (Wildman–Crippen LogP) is 2.82. The Morgan fingerprint density at radius 3 is 2.74 bits per heavy atom. The van der Waals surface area contributed by atoms with E-state index in [1.165, 1.54) is 12.8 Å². The van der Waals surface area contributed by atoms with Gasteiger partial charge in [-0.05, 0) is 50.7 Å². The molecule has 19 heavy (non-hydrogen) atoms. The topological polar surface area (TPSA) is 54.0 Å². The number of hydrogen-bond acceptors (Lipinski definition) is 3. The van der Waals surface area contributed by atoms with E-state index in [1.54, 1.807) is 6.07 Å². The summed E-state index contributed by atoms with van der Waals surface area (Å²) < 4.78 is 0. The molecule has 0 atom stereocenters. The van der Waals surface area contributed by atoms with E-state index in [-0.39, 0.29) is 5.91 Å². The Morgan fingerprint density at radius 1 is 1.32 bits per heavy atom. The number of nitrogens with zero attached hydrogens (tertiary/aromatic N) is 1. The van der Waals surface area contributed by atoms with E-state index in [0.717, 1.165) is 31.1 Å². The summed E-state index contributed by atoms with van der Waals surface area (Å²) >= 11 is 0. The second kappa shape index (κ2) is 6.55. The van der Waals surface area contributed by atoms with Crippen LogP contribution < -0.4 is 10.6 Å². The van der Waals surface area contributed by atoms with Gasteiger partial charge in [0.1, 0.15) is 11.5 Å². The zero-order chi connectivity index (χ0) is 13.7. The predicted molar refractivity (Wildman–Crippen MR) is 77.3 cm³/mol. The minimum Gasteiger partial charge on any atom is -0.370 e. The minimum atomic E-state index is -0.0562. The summed E-state index contributed by atoms with van der Waals surface area (Å²) in [5, 5.41) is 6.22. The third-order valence-corrected chi connectivity index (χ3v) is 3.69. The molecule has 0 aliphatic heterocycles. The van der Waals surface area contributed by atoms with E-state index in [4.69, 9.17) is 0 Å². The van der Waals surface area contributed by atoms with Crippen LogP contribution in [0.25, 0.3) is 0 Å². The summed E-state index contributed by atoms with van der Waals surface area (Å²) in [5.41, 5.74) is 0.497. The first kappa shape index (κ1) is 13.8. The summed E-state index contributed by atoms with van der Waals surface area (Å²) in [7, 11) is 0. The highest BCUT2D eigenvalue weighted by molar-refractivity contribution is 5.92. The molecule has 4 nitrogen and oxygen atoms in total. The molecular weight excluding hydrogens is 238 g/mol. The number of carbonyl (C=O) groups excluding carboxylic acids is 1. The van der Waals surface area contributed by atoms with Crippen molar-refractivity contribution in [1.82, 2.24) is 10.3 Å². The molecular formula is C15H23N3O. The van der Waals surface area contributed by atoms with Crippen LogP contribution in [-0.4, -0.2) is 23.5 Å². The van der Waals surface area contributed by atoms with E-state index in [9.17, 15) is 4.79 Å². The van der Waals surface area contributed by atoms with Crippen LogP contribution in [0.2, 0.25) is 0 Å². The van der Waals surface area contributed by atoms with Crippen molar-refractivity contribution in [2.24, 2.45) is 5.92 Å². The van der Waals surface area contributed by atoms with Crippen LogP contribution in [0.5, 0.6) is 0 Å². The summed E-state index contributed by atoms with van der Waals surface area (Å²) in [6.45, 7) is 5.09. The molecule has 0 spiro atoms. The van der Waals surface area contributed by atoms with Crippen LogP contribution >= 0.6 is 0 Å². The van der Waals surface area contributed by atoms with Crippen LogP contribution in [0, 0.1) is 5.92 Å². The Labute approximate surface area is 115 Å². The zero-order valence-electron chi connectivity index (χ0n) is 11.8. The first-order valence-corrected chi connectivity index (χ1v) is 7.21. The van der Waals surface area contributed by atoms with Crippen LogP contribution in [0.4, 0.5) is 5.82 Å². The maximum Gasteiger partial charge on any atom is 0.270 e. The maximum absolute atomic E-state index is 12.1. The minimum absolute atomic E-state index is 0.0562. The first-order valence-electron chi connectivity index (χ1n) is 7.21. The summed E-state index contributed by atoms with van der Waals surface area (Å²) in [5.74, 6) is 1.50. The smallest absolute Gasteiger partial charge is 0.270 e. The SMILES string of the molecule is CCNc1cccc(C(=O)NC2CCC(C)CC2)n1. The Morgan fingerprint density at radius 2 is 2.05 bits per heavy atom. The van der Waals surface area contributed by atoms with Crippen molar-refractivity contribution in [3.63, 3.8) is 0 Å². The molecule has 2 rings (SSSR count). The van der Waals surface area contributed by atoms with Crippen molar-refractivity contribution in [1.29, 1.82) is 0 Å². The highest BCUT2D eigenvalue weighted by atomic mass is 16.1. The molecule has 104 valence electrons. The first-order chi connectivity index (χ1) is 9.19. The van der Waals surface area contributed by atoms with Gasteiger partial charge >= 0.3 is 0 Å². The van der Waals surface area contributed by atoms with Gasteiger partial charge < -0.3 is 10.6 Å². The van der Waals surface area contributed by atoms with Gasteiger partial charge in [0.2, 0.25) is 0 Å². The van der Waals surface area contributed by atoms with Gasteiger partial charge in [0.05, 0.1) is 0 Å². The summed E-state index contributed by atoms with van der Waals surface area (Å²) in [6.07, 6.45) is 4.57. The monoisotopic (exact) mass is 261 g/mol. The molecule has 4 heteroatoms. The van der Waals surface area contributed by atoms with Gasteiger partial charge in [0.15, 0.2) is 0 Å². The highest BCUT2D eigenvalue weighted by Gasteiger charge is 2.20. The van der Waals surface area contributed by atoms with Gasteiger partial charge in [-0.2, -0.15) is 0 Å². The van der Waals surface area contributed by atoms with Gasteiger partial charge in [0.25, 0.3) is 5.91 Å². The van der Waals surface area contributed by atoms with Gasteiger partial charge in [-0.1, -0.05) is 13.0 Å². The average molecular weight is 261 g/mol. The number of carbonyl (C=O) groups is 1. The fourth-order valence-corrected chi connectivity index (χ4v) is 2.50. The molecule has 1 amide bonds. The van der Waals surface area contributed by atoms with E-state index < -0.39 is 0 Å². The van der Waals surface area contributed by atoms with Crippen molar-refractivity contribution in [3.05, 3.63) is 23.9 Å². The lowest BCUT2D eigenvalue weighted by Gasteiger charge is -2.26. The molecule has 0 radical (unpaired) electrons. The van der Waals surface area contributed by atoms with E-state index in [1.807, 2.05) is 19.1 Å². The number of aromatic nitrogens is 1. The van der Waals surface area contributed by atoms with Crippen LogP contribution in [0.15, 0.2) is 18.2 Å². The Balaban J connectivity index is 1.94. The Hall–Kier alpha value is -1.58. The second-order valence-electron chi connectivity index (χ2n) is 5.37. The Bertz CT molecular complexity index is 425. The van der Waals surface area contributed by atoms with E-state index in [2.05, 4.69) is 22.5 Å². The van der Waals surface area contributed by atoms with Crippen LogP contribution in [0.3, 0.4) is 0 Å². The number of anilines is 1. The van der Waals surface area contributed by atoms with Crippen molar-refractivity contribution < 1.29 is 4.79 Å². The molecule has 2 N–H and O–H groups in total. The number of hydrogen-bond donors (Lipinski definition) is 2. The fourth-order valence-electron chi connectivity index (χ4n) is 2.50. The molecule has 0 aromatic carbocycles. The van der Waals surface area contributed by atoms with Crippen molar-refractivity contribution in [2.45, 2.75) is 45.6 Å². The number of pyridine rings is 1. The van der Waals surface area contributed by atoms with Gasteiger partial charge in [-0.25, -0.2) is 4.98 Å². The third-order valence-electron chi connectivity index (χ3n) is 3.69. The van der Waals surface area contributed by atoms with E-state index in [0.29, 0.717) is 11.7 Å². The largest absolute Gasteiger partial charge is 0.370 e. The molecule has 1 heterocycles. The number of amides is 1. The quantitative estimate of drug-likeness (QED) is 0.876.